The Kier molecular flexibility index (Phi) is 5.59. The van der Waals surface area contributed by atoms with Gasteiger partial charge < -0.3 is 4.74 Å². The van der Waals surface area contributed by atoms with Gasteiger partial charge in [-0.05, 0) is 60.8 Å². The van der Waals surface area contributed by atoms with E-state index in [4.69, 9.17) is 16.3 Å². The summed E-state index contributed by atoms with van der Waals surface area (Å²) in [6.45, 7) is 4.05. The number of hydrogen-bond donors (Lipinski definition) is 0. The van der Waals surface area contributed by atoms with Crippen molar-refractivity contribution in [3.8, 4) is 11.8 Å². The minimum absolute atomic E-state index is 0.336. The van der Waals surface area contributed by atoms with Gasteiger partial charge in [0.2, 0.25) is 0 Å². The van der Waals surface area contributed by atoms with Crippen molar-refractivity contribution in [3.05, 3.63) is 27.7 Å². The van der Waals surface area contributed by atoms with Crippen molar-refractivity contribution in [1.82, 2.24) is 0 Å². The first-order chi connectivity index (χ1) is 11.8. The third-order valence-corrected chi connectivity index (χ3v) is 4.00. The summed E-state index contributed by atoms with van der Waals surface area (Å²) >= 11 is 9.05. The molecule has 0 aromatic heterocycles. The van der Waals surface area contributed by atoms with Crippen molar-refractivity contribution >= 4 is 39.2 Å². The molecule has 1 aliphatic rings. The maximum Gasteiger partial charge on any atom is 0.428 e. The standard InChI is InChI=1S/C16H14BrClF3N3O2/c1-14(2,3)26-13(25)6-7-15(16(19,20)21)9-24(23-22-15)12-5-4-10(18)8-11(12)17/h4-5,8H,9H2,1-3H3. The Labute approximate surface area is 161 Å². The summed E-state index contributed by atoms with van der Waals surface area (Å²) in [6, 6.07) is 4.53. The first kappa shape index (κ1) is 20.5. The zero-order valence-corrected chi connectivity index (χ0v) is 16.3. The highest BCUT2D eigenvalue weighted by molar-refractivity contribution is 9.10. The minimum Gasteiger partial charge on any atom is -0.450 e. The molecule has 0 fully saturated rings. The monoisotopic (exact) mass is 451 g/mol. The SMILES string of the molecule is CC(C)(C)OC(=O)C#CC1(C(F)(F)F)CN(c2ccc(Cl)cc2Br)N=N1. The van der Waals surface area contributed by atoms with E-state index in [0.29, 0.717) is 15.2 Å². The molecule has 1 aliphatic heterocycles. The Morgan fingerprint density at radius 2 is 2.04 bits per heavy atom. The number of anilines is 1. The van der Waals surface area contributed by atoms with E-state index in [9.17, 15) is 18.0 Å². The first-order valence-corrected chi connectivity index (χ1v) is 8.48. The molecule has 0 saturated heterocycles. The summed E-state index contributed by atoms with van der Waals surface area (Å²) in [5, 5.41) is 8.34. The topological polar surface area (TPSA) is 54.3 Å². The van der Waals surface area contributed by atoms with Crippen molar-refractivity contribution in [3.63, 3.8) is 0 Å². The molecule has 1 aromatic rings. The third kappa shape index (κ3) is 4.68. The molecule has 0 radical (unpaired) electrons. The zero-order chi connectivity index (χ0) is 19.8. The summed E-state index contributed by atoms with van der Waals surface area (Å²) < 4.78 is 46.1. The van der Waals surface area contributed by atoms with Crippen LogP contribution in [0, 0.1) is 11.8 Å². The number of hydrogen-bond acceptors (Lipinski definition) is 5. The van der Waals surface area contributed by atoms with Gasteiger partial charge in [-0.3, -0.25) is 0 Å². The van der Waals surface area contributed by atoms with Crippen LogP contribution in [0.1, 0.15) is 20.8 Å². The Balaban J connectivity index is 2.31. The molecule has 140 valence electrons. The van der Waals surface area contributed by atoms with Gasteiger partial charge in [0.05, 0.1) is 12.2 Å². The predicted octanol–water partition coefficient (Wildman–Crippen LogP) is 4.94. The lowest BCUT2D eigenvalue weighted by Crippen LogP contribution is -2.46. The summed E-state index contributed by atoms with van der Waals surface area (Å²) in [6.07, 6.45) is -4.83. The maximum atomic E-state index is 13.6. The van der Waals surface area contributed by atoms with Gasteiger partial charge in [-0.15, -0.1) is 5.11 Å². The largest absolute Gasteiger partial charge is 0.450 e. The fraction of sp³-hybridized carbons (Fsp3) is 0.438. The summed E-state index contributed by atoms with van der Waals surface area (Å²) in [5.41, 5.74) is -3.36. The number of rotatable bonds is 1. The average molecular weight is 453 g/mol. The summed E-state index contributed by atoms with van der Waals surface area (Å²) in [4.78, 5) is 11.7. The minimum atomic E-state index is -4.83. The lowest BCUT2D eigenvalue weighted by molar-refractivity contribution is -0.163. The van der Waals surface area contributed by atoms with Gasteiger partial charge in [-0.1, -0.05) is 16.8 Å². The second kappa shape index (κ2) is 7.08. The van der Waals surface area contributed by atoms with Gasteiger partial charge in [0.15, 0.2) is 0 Å². The number of alkyl halides is 3. The Morgan fingerprint density at radius 1 is 1.38 bits per heavy atom. The van der Waals surface area contributed by atoms with Gasteiger partial charge in [0, 0.05) is 15.4 Å². The molecule has 5 nitrogen and oxygen atoms in total. The van der Waals surface area contributed by atoms with E-state index < -0.39 is 29.8 Å². The van der Waals surface area contributed by atoms with E-state index in [1.54, 1.807) is 20.8 Å². The van der Waals surface area contributed by atoms with Crippen LogP contribution in [0.4, 0.5) is 18.9 Å². The molecule has 0 amide bonds. The van der Waals surface area contributed by atoms with Crippen LogP contribution in [-0.2, 0) is 9.53 Å². The highest BCUT2D eigenvalue weighted by Gasteiger charge is 2.59. The van der Waals surface area contributed by atoms with Crippen molar-refractivity contribution in [1.29, 1.82) is 0 Å². The van der Waals surface area contributed by atoms with E-state index in [-0.39, 0.29) is 0 Å². The van der Waals surface area contributed by atoms with Crippen LogP contribution in [0.25, 0.3) is 0 Å². The van der Waals surface area contributed by atoms with Crippen molar-refractivity contribution in [2.24, 2.45) is 10.3 Å². The van der Waals surface area contributed by atoms with Crippen LogP contribution in [0.3, 0.4) is 0 Å². The summed E-state index contributed by atoms with van der Waals surface area (Å²) in [7, 11) is 0. The van der Waals surface area contributed by atoms with E-state index in [0.717, 1.165) is 5.01 Å². The van der Waals surface area contributed by atoms with Crippen LogP contribution in [0.15, 0.2) is 33.0 Å². The number of ether oxygens (including phenoxy) is 1. The molecule has 0 N–H and O–H groups in total. The van der Waals surface area contributed by atoms with Crippen LogP contribution in [-0.4, -0.2) is 29.8 Å². The van der Waals surface area contributed by atoms with Gasteiger partial charge in [-0.2, -0.15) is 13.2 Å². The number of carbonyl (C=O) groups excluding carboxylic acids is 1. The normalized spacial score (nSPS) is 19.9. The quantitative estimate of drug-likeness (QED) is 0.345. The molecule has 0 bridgehead atoms. The predicted molar refractivity (Wildman–Crippen MR) is 93.8 cm³/mol. The maximum absolute atomic E-state index is 13.6. The van der Waals surface area contributed by atoms with Gasteiger partial charge in [0.1, 0.15) is 5.60 Å². The van der Waals surface area contributed by atoms with Crippen LogP contribution in [0.5, 0.6) is 0 Å². The second-order valence-corrected chi connectivity index (χ2v) is 7.74. The smallest absolute Gasteiger partial charge is 0.428 e. The average Bonchev–Trinajstić information content (AvgIpc) is 2.88. The van der Waals surface area contributed by atoms with Crippen molar-refractivity contribution < 1.29 is 22.7 Å². The van der Waals surface area contributed by atoms with Crippen LogP contribution >= 0.6 is 27.5 Å². The van der Waals surface area contributed by atoms with Crippen molar-refractivity contribution in [2.45, 2.75) is 38.1 Å². The lowest BCUT2D eigenvalue weighted by atomic mass is 10.0. The van der Waals surface area contributed by atoms with Gasteiger partial charge >= 0.3 is 12.1 Å². The highest BCUT2D eigenvalue weighted by Crippen LogP contribution is 2.41. The highest BCUT2D eigenvalue weighted by atomic mass is 79.9. The molecule has 0 spiro atoms. The molecule has 1 aromatic carbocycles. The Hall–Kier alpha value is -1.79. The Bertz CT molecular complexity index is 812. The molecule has 0 saturated carbocycles. The fourth-order valence-corrected chi connectivity index (χ4v) is 2.86. The molecular weight excluding hydrogens is 439 g/mol. The molecule has 2 rings (SSSR count). The van der Waals surface area contributed by atoms with Crippen LogP contribution < -0.4 is 5.01 Å². The molecule has 1 heterocycles. The number of carbonyl (C=O) groups is 1. The number of halogens is 5. The van der Waals surface area contributed by atoms with E-state index in [1.165, 1.54) is 18.2 Å². The number of nitrogens with zero attached hydrogens (tertiary/aromatic N) is 3. The summed E-state index contributed by atoms with van der Waals surface area (Å²) in [5.74, 6) is 2.71. The fourth-order valence-electron chi connectivity index (χ4n) is 1.97. The lowest BCUT2D eigenvalue weighted by Gasteiger charge is -2.23. The molecule has 10 heteroatoms. The molecule has 0 aliphatic carbocycles. The first-order valence-electron chi connectivity index (χ1n) is 7.31. The van der Waals surface area contributed by atoms with Crippen molar-refractivity contribution in [2.75, 3.05) is 11.6 Å². The van der Waals surface area contributed by atoms with E-state index in [2.05, 4.69) is 26.3 Å². The second-order valence-electron chi connectivity index (χ2n) is 6.45. The molecular formula is C16H14BrClF3N3O2. The van der Waals surface area contributed by atoms with E-state index >= 15 is 0 Å². The zero-order valence-electron chi connectivity index (χ0n) is 14.0. The van der Waals surface area contributed by atoms with Gasteiger partial charge in [0.25, 0.3) is 5.54 Å². The number of esters is 1. The van der Waals surface area contributed by atoms with Crippen LogP contribution in [0.2, 0.25) is 5.02 Å². The van der Waals surface area contributed by atoms with Gasteiger partial charge in [-0.25, -0.2) is 9.80 Å². The van der Waals surface area contributed by atoms with E-state index in [1.807, 2.05) is 11.8 Å². The number of benzene rings is 1. The molecule has 1 atom stereocenters. The Morgan fingerprint density at radius 3 is 2.58 bits per heavy atom. The third-order valence-electron chi connectivity index (χ3n) is 3.13. The molecule has 26 heavy (non-hydrogen) atoms. The molecule has 1 unspecified atom stereocenters.